The highest BCUT2D eigenvalue weighted by Crippen LogP contribution is 2.33. The zero-order chi connectivity index (χ0) is 21.2. The maximum absolute atomic E-state index is 12.1. The van der Waals surface area contributed by atoms with Crippen molar-refractivity contribution in [1.82, 2.24) is 9.88 Å². The third-order valence-corrected chi connectivity index (χ3v) is 4.86. The summed E-state index contributed by atoms with van der Waals surface area (Å²) in [6.45, 7) is 7.61. The van der Waals surface area contributed by atoms with Crippen LogP contribution < -0.4 is 9.47 Å². The van der Waals surface area contributed by atoms with E-state index in [1.807, 2.05) is 12.1 Å². The van der Waals surface area contributed by atoms with Crippen LogP contribution in [-0.4, -0.2) is 55.7 Å². The van der Waals surface area contributed by atoms with Gasteiger partial charge in [-0.1, -0.05) is 12.2 Å². The van der Waals surface area contributed by atoms with Gasteiger partial charge in [-0.3, -0.25) is 9.59 Å². The summed E-state index contributed by atoms with van der Waals surface area (Å²) in [6.07, 6.45) is 3.20. The van der Waals surface area contributed by atoms with Gasteiger partial charge in [0, 0.05) is 24.0 Å². The summed E-state index contributed by atoms with van der Waals surface area (Å²) in [7, 11) is 3.14. The Bertz CT molecular complexity index is 868. The van der Waals surface area contributed by atoms with E-state index in [1.165, 1.54) is 16.2 Å². The Hall–Kier alpha value is -3.13. The van der Waals surface area contributed by atoms with E-state index < -0.39 is 5.97 Å². The molecule has 1 aromatic carbocycles. The lowest BCUT2D eigenvalue weighted by Crippen LogP contribution is -2.35. The first-order valence-corrected chi connectivity index (χ1v) is 9.72. The summed E-state index contributed by atoms with van der Waals surface area (Å²) >= 11 is 1.41. The Kier molecular flexibility index (Phi) is 8.42. The van der Waals surface area contributed by atoms with Gasteiger partial charge in [0.2, 0.25) is 0 Å². The van der Waals surface area contributed by atoms with Gasteiger partial charge in [-0.2, -0.15) is 0 Å². The number of methoxy groups -OCH3 is 2. The first-order chi connectivity index (χ1) is 14.0. The largest absolute Gasteiger partial charge is 0.493 e. The van der Waals surface area contributed by atoms with Crippen molar-refractivity contribution in [2.45, 2.75) is 6.42 Å². The number of hydrogen-bond donors (Lipinski definition) is 0. The van der Waals surface area contributed by atoms with Gasteiger partial charge in [0.1, 0.15) is 5.01 Å². The highest BCUT2D eigenvalue weighted by atomic mass is 32.1. The summed E-state index contributed by atoms with van der Waals surface area (Å²) in [5.41, 5.74) is 1.43. The first kappa shape index (κ1) is 22.2. The SMILES string of the molecule is C=CCN(CC=C)C(=O)COC(=O)Cc1csc(-c2ccc(OC)c(OC)c2)n1. The monoisotopic (exact) mass is 416 g/mol. The van der Waals surface area contributed by atoms with Crippen LogP contribution in [0.15, 0.2) is 48.9 Å². The standard InChI is InChI=1S/C21H24N2O5S/c1-5-9-23(10-6-2)19(24)13-28-20(25)12-16-14-29-21(22-16)15-7-8-17(26-3)18(11-15)27-4/h5-8,11,14H,1-2,9-10,12-13H2,3-4H3. The van der Waals surface area contributed by atoms with Gasteiger partial charge in [0.15, 0.2) is 18.1 Å². The van der Waals surface area contributed by atoms with Gasteiger partial charge in [-0.25, -0.2) is 4.98 Å². The quantitative estimate of drug-likeness (QED) is 0.414. The molecule has 0 fully saturated rings. The third-order valence-electron chi connectivity index (χ3n) is 3.92. The van der Waals surface area contributed by atoms with Gasteiger partial charge in [0.25, 0.3) is 5.91 Å². The van der Waals surface area contributed by atoms with E-state index in [0.717, 1.165) is 10.6 Å². The summed E-state index contributed by atoms with van der Waals surface area (Å²) in [4.78, 5) is 30.1. The number of benzene rings is 1. The molecule has 154 valence electrons. The van der Waals surface area contributed by atoms with Crippen LogP contribution in [-0.2, 0) is 20.7 Å². The molecule has 1 aromatic heterocycles. The highest BCUT2D eigenvalue weighted by Gasteiger charge is 2.16. The van der Waals surface area contributed by atoms with Crippen LogP contribution >= 0.6 is 11.3 Å². The fourth-order valence-corrected chi connectivity index (χ4v) is 3.33. The van der Waals surface area contributed by atoms with Crippen LogP contribution in [0, 0.1) is 0 Å². The smallest absolute Gasteiger partial charge is 0.312 e. The number of hydrogen-bond acceptors (Lipinski definition) is 7. The van der Waals surface area contributed by atoms with Crippen molar-refractivity contribution in [3.8, 4) is 22.1 Å². The lowest BCUT2D eigenvalue weighted by atomic mass is 10.2. The lowest BCUT2D eigenvalue weighted by Gasteiger charge is -2.18. The van der Waals surface area contributed by atoms with E-state index >= 15 is 0 Å². The molecule has 0 saturated carbocycles. The number of carbonyl (C=O) groups is 2. The molecular formula is C21H24N2O5S. The summed E-state index contributed by atoms with van der Waals surface area (Å²) in [5, 5.41) is 2.53. The summed E-state index contributed by atoms with van der Waals surface area (Å²) in [6, 6.07) is 5.49. The lowest BCUT2D eigenvalue weighted by molar-refractivity contribution is -0.151. The molecule has 0 spiro atoms. The van der Waals surface area contributed by atoms with Crippen molar-refractivity contribution < 1.29 is 23.8 Å². The molecule has 7 nitrogen and oxygen atoms in total. The van der Waals surface area contributed by atoms with Crippen LogP contribution in [0.4, 0.5) is 0 Å². The predicted octanol–water partition coefficient (Wildman–Crippen LogP) is 3.11. The number of carbonyl (C=O) groups excluding carboxylic acids is 2. The Morgan fingerprint density at radius 3 is 2.45 bits per heavy atom. The predicted molar refractivity (Wildman–Crippen MR) is 112 cm³/mol. The van der Waals surface area contributed by atoms with Crippen molar-refractivity contribution >= 4 is 23.2 Å². The van der Waals surface area contributed by atoms with E-state index in [-0.39, 0.29) is 18.9 Å². The second kappa shape index (κ2) is 11.0. The van der Waals surface area contributed by atoms with Crippen LogP contribution in [0.1, 0.15) is 5.69 Å². The zero-order valence-electron chi connectivity index (χ0n) is 16.6. The van der Waals surface area contributed by atoms with Crippen LogP contribution in [0.25, 0.3) is 10.6 Å². The average molecular weight is 416 g/mol. The molecule has 0 radical (unpaired) electrons. The fourth-order valence-electron chi connectivity index (χ4n) is 2.51. The van der Waals surface area contributed by atoms with Gasteiger partial charge in [-0.15, -0.1) is 24.5 Å². The molecule has 29 heavy (non-hydrogen) atoms. The van der Waals surface area contributed by atoms with Crippen LogP contribution in [0.5, 0.6) is 11.5 Å². The minimum absolute atomic E-state index is 0.0139. The Labute approximate surface area is 174 Å². The molecule has 0 atom stereocenters. The number of aromatic nitrogens is 1. The van der Waals surface area contributed by atoms with E-state index in [4.69, 9.17) is 14.2 Å². The molecule has 8 heteroatoms. The number of ether oxygens (including phenoxy) is 3. The summed E-state index contributed by atoms with van der Waals surface area (Å²) < 4.78 is 15.6. The minimum Gasteiger partial charge on any atom is -0.493 e. The molecule has 2 aromatic rings. The molecular weight excluding hydrogens is 392 g/mol. The zero-order valence-corrected chi connectivity index (χ0v) is 17.4. The van der Waals surface area contributed by atoms with Gasteiger partial charge in [-0.05, 0) is 18.2 Å². The third kappa shape index (κ3) is 6.18. The average Bonchev–Trinajstić information content (AvgIpc) is 3.19. The maximum Gasteiger partial charge on any atom is 0.312 e. The van der Waals surface area contributed by atoms with Crippen molar-refractivity contribution in [3.05, 3.63) is 54.6 Å². The molecule has 0 N–H and O–H groups in total. The summed E-state index contributed by atoms with van der Waals surface area (Å²) in [5.74, 6) is 0.411. The number of nitrogens with zero attached hydrogens (tertiary/aromatic N) is 2. The van der Waals surface area contributed by atoms with Gasteiger partial charge >= 0.3 is 5.97 Å². The van der Waals surface area contributed by atoms with E-state index in [1.54, 1.807) is 37.8 Å². The number of esters is 1. The fraction of sp³-hybridized carbons (Fsp3) is 0.286. The van der Waals surface area contributed by atoms with Crippen molar-refractivity contribution in [2.24, 2.45) is 0 Å². The van der Waals surface area contributed by atoms with Crippen molar-refractivity contribution in [1.29, 1.82) is 0 Å². The minimum atomic E-state index is -0.514. The number of thiazole rings is 1. The molecule has 0 aliphatic heterocycles. The Morgan fingerprint density at radius 1 is 1.14 bits per heavy atom. The van der Waals surface area contributed by atoms with Gasteiger partial charge in [0.05, 0.1) is 26.3 Å². The first-order valence-electron chi connectivity index (χ1n) is 8.84. The molecule has 1 heterocycles. The second-order valence-electron chi connectivity index (χ2n) is 5.93. The molecule has 1 amide bonds. The van der Waals surface area contributed by atoms with E-state index in [2.05, 4.69) is 18.1 Å². The molecule has 0 aliphatic rings. The maximum atomic E-state index is 12.1. The Morgan fingerprint density at radius 2 is 1.83 bits per heavy atom. The molecule has 0 saturated heterocycles. The molecule has 0 aliphatic carbocycles. The topological polar surface area (TPSA) is 78.0 Å². The van der Waals surface area contributed by atoms with Crippen LogP contribution in [0.3, 0.4) is 0 Å². The van der Waals surface area contributed by atoms with E-state index in [9.17, 15) is 9.59 Å². The number of rotatable bonds is 11. The molecule has 2 rings (SSSR count). The van der Waals surface area contributed by atoms with Gasteiger partial charge < -0.3 is 19.1 Å². The second-order valence-corrected chi connectivity index (χ2v) is 6.79. The normalized spacial score (nSPS) is 10.1. The number of amides is 1. The van der Waals surface area contributed by atoms with E-state index in [0.29, 0.717) is 30.3 Å². The van der Waals surface area contributed by atoms with Crippen molar-refractivity contribution in [2.75, 3.05) is 33.9 Å². The Balaban J connectivity index is 1.96. The molecule has 0 bridgehead atoms. The van der Waals surface area contributed by atoms with Crippen LogP contribution in [0.2, 0.25) is 0 Å². The highest BCUT2D eigenvalue weighted by molar-refractivity contribution is 7.13. The molecule has 0 unspecified atom stereocenters. The van der Waals surface area contributed by atoms with Crippen molar-refractivity contribution in [3.63, 3.8) is 0 Å².